The molecule has 9 nitrogen and oxygen atoms in total. The van der Waals surface area contributed by atoms with E-state index in [-0.39, 0.29) is 23.1 Å². The Morgan fingerprint density at radius 2 is 1.66 bits per heavy atom. The zero-order valence-electron chi connectivity index (χ0n) is 15.4. The predicted octanol–water partition coefficient (Wildman–Crippen LogP) is 1.56. The number of benzene rings is 1. The first-order valence-electron chi connectivity index (χ1n) is 8.87. The van der Waals surface area contributed by atoms with Crippen LogP contribution in [0.15, 0.2) is 30.3 Å². The Hall–Kier alpha value is -3.14. The minimum atomic E-state index is -0.773. The van der Waals surface area contributed by atoms with Crippen molar-refractivity contribution in [3.8, 4) is 0 Å². The molecule has 4 heterocycles. The fourth-order valence-electron chi connectivity index (χ4n) is 4.38. The molecule has 3 aliphatic rings. The van der Waals surface area contributed by atoms with E-state index in [0.717, 1.165) is 0 Å². The number of hydrogen-bond donors (Lipinski definition) is 0. The summed E-state index contributed by atoms with van der Waals surface area (Å²) in [4.78, 5) is 52.1. The monoisotopic (exact) mass is 413 g/mol. The van der Waals surface area contributed by atoms with Crippen molar-refractivity contribution in [1.29, 1.82) is 0 Å². The van der Waals surface area contributed by atoms with Crippen molar-refractivity contribution in [2.24, 2.45) is 11.8 Å². The molecule has 0 N–H and O–H groups in total. The van der Waals surface area contributed by atoms with Gasteiger partial charge in [-0.2, -0.15) is 5.10 Å². The molecule has 2 aromatic rings. The Bertz CT molecular complexity index is 1080. The number of imide groups is 1. The first kappa shape index (κ1) is 17.9. The number of rotatable bonds is 3. The van der Waals surface area contributed by atoms with Gasteiger partial charge in [-0.25, -0.2) is 14.5 Å². The Labute approximate surface area is 168 Å². The number of amides is 2. The summed E-state index contributed by atoms with van der Waals surface area (Å²) in [5, 5.41) is 3.31. The smallest absolute Gasteiger partial charge is 0.359 e. The van der Waals surface area contributed by atoms with Crippen molar-refractivity contribution >= 4 is 41.2 Å². The molecule has 0 aliphatic carbocycles. The van der Waals surface area contributed by atoms with Crippen molar-refractivity contribution in [2.45, 2.75) is 10.6 Å². The highest BCUT2D eigenvalue weighted by Crippen LogP contribution is 2.66. The van der Waals surface area contributed by atoms with Crippen molar-refractivity contribution in [3.63, 3.8) is 0 Å². The van der Waals surface area contributed by atoms with Crippen LogP contribution in [-0.2, 0) is 19.1 Å². The number of aromatic nitrogens is 2. The van der Waals surface area contributed by atoms with Crippen molar-refractivity contribution in [3.05, 3.63) is 47.3 Å². The van der Waals surface area contributed by atoms with E-state index in [1.54, 1.807) is 24.3 Å². The fraction of sp³-hybridized carbons (Fsp3) is 0.316. The van der Waals surface area contributed by atoms with E-state index in [1.807, 2.05) is 6.07 Å². The Balaban J connectivity index is 1.62. The van der Waals surface area contributed by atoms with Gasteiger partial charge in [0.2, 0.25) is 11.8 Å². The van der Waals surface area contributed by atoms with Crippen LogP contribution in [0.25, 0.3) is 0 Å². The number of hydrogen-bond acceptors (Lipinski definition) is 8. The molecule has 3 aliphatic heterocycles. The maximum Gasteiger partial charge on any atom is 0.359 e. The van der Waals surface area contributed by atoms with E-state index in [1.165, 1.54) is 35.6 Å². The zero-order chi connectivity index (χ0) is 20.4. The molecule has 1 aromatic heterocycles. The van der Waals surface area contributed by atoms with Gasteiger partial charge in [0, 0.05) is 0 Å². The van der Waals surface area contributed by atoms with Gasteiger partial charge in [0.1, 0.15) is 10.9 Å². The number of anilines is 1. The molecule has 148 valence electrons. The maximum atomic E-state index is 13.2. The van der Waals surface area contributed by atoms with Crippen LogP contribution in [-0.4, -0.2) is 47.8 Å². The first-order valence-corrected chi connectivity index (χ1v) is 9.81. The first-order chi connectivity index (χ1) is 14.0. The molecule has 29 heavy (non-hydrogen) atoms. The molecule has 0 spiro atoms. The van der Waals surface area contributed by atoms with Crippen LogP contribution in [0.2, 0.25) is 0 Å². The second-order valence-electron chi connectivity index (χ2n) is 6.88. The number of carbonyl (C=O) groups excluding carboxylic acids is 4. The lowest BCUT2D eigenvalue weighted by Gasteiger charge is -2.20. The zero-order valence-corrected chi connectivity index (χ0v) is 16.2. The van der Waals surface area contributed by atoms with Gasteiger partial charge < -0.3 is 9.47 Å². The summed E-state index contributed by atoms with van der Waals surface area (Å²) >= 11 is 1.41. The van der Waals surface area contributed by atoms with E-state index < -0.39 is 34.4 Å². The molecule has 2 saturated heterocycles. The number of methoxy groups -OCH3 is 2. The standard InChI is InChI=1S/C19H15N3O6S/c1-27-18(25)11-12(19(26)28-2)20-22-13(11)14-9-10(17(22)29-14)16(24)21(15(9)23)8-6-4-3-5-7-8/h3-7,9-10,14,17H,1-2H3/t9-,10-,14-,17+/m1/s1. The van der Waals surface area contributed by atoms with Crippen LogP contribution in [0.4, 0.5) is 5.69 Å². The van der Waals surface area contributed by atoms with Crippen molar-refractivity contribution in [1.82, 2.24) is 9.78 Å². The quantitative estimate of drug-likeness (QED) is 0.551. The molecule has 2 fully saturated rings. The summed E-state index contributed by atoms with van der Waals surface area (Å²) in [6, 6.07) is 8.74. The second-order valence-corrected chi connectivity index (χ2v) is 8.15. The molecule has 10 heteroatoms. The molecule has 0 saturated carbocycles. The van der Waals surface area contributed by atoms with Crippen LogP contribution in [0.1, 0.15) is 37.2 Å². The molecular weight excluding hydrogens is 398 g/mol. The number of fused-ring (bicyclic) bond motifs is 8. The summed E-state index contributed by atoms with van der Waals surface area (Å²) in [5.74, 6) is -3.35. The minimum Gasteiger partial charge on any atom is -0.465 e. The summed E-state index contributed by atoms with van der Waals surface area (Å²) in [7, 11) is 2.40. The van der Waals surface area contributed by atoms with Gasteiger partial charge in [0.15, 0.2) is 5.69 Å². The Morgan fingerprint density at radius 3 is 2.31 bits per heavy atom. The molecule has 2 amide bonds. The lowest BCUT2D eigenvalue weighted by molar-refractivity contribution is -0.122. The molecule has 4 atom stereocenters. The van der Waals surface area contributed by atoms with Crippen LogP contribution in [0.5, 0.6) is 0 Å². The summed E-state index contributed by atoms with van der Waals surface area (Å²) in [5.41, 5.74) is 0.785. The third-order valence-corrected chi connectivity index (χ3v) is 7.14. The van der Waals surface area contributed by atoms with Crippen LogP contribution in [0.3, 0.4) is 0 Å². The lowest BCUT2D eigenvalue weighted by atomic mass is 9.86. The Morgan fingerprint density at radius 1 is 1.00 bits per heavy atom. The van der Waals surface area contributed by atoms with Gasteiger partial charge >= 0.3 is 11.9 Å². The Kier molecular flexibility index (Phi) is 3.82. The van der Waals surface area contributed by atoms with Gasteiger partial charge in [0.05, 0.1) is 42.7 Å². The number of para-hydroxylation sites is 1. The van der Waals surface area contributed by atoms with Gasteiger partial charge in [-0.1, -0.05) is 18.2 Å². The maximum absolute atomic E-state index is 13.2. The summed E-state index contributed by atoms with van der Waals surface area (Å²) in [6.07, 6.45) is 0. The fourth-order valence-corrected chi connectivity index (χ4v) is 6.22. The molecule has 0 unspecified atom stereocenters. The number of thioether (sulfide) groups is 1. The topological polar surface area (TPSA) is 108 Å². The van der Waals surface area contributed by atoms with Crippen LogP contribution >= 0.6 is 11.8 Å². The molecule has 1 aromatic carbocycles. The highest BCUT2D eigenvalue weighted by molar-refractivity contribution is 8.00. The van der Waals surface area contributed by atoms with Crippen LogP contribution < -0.4 is 4.90 Å². The van der Waals surface area contributed by atoms with E-state index >= 15 is 0 Å². The molecule has 0 radical (unpaired) electrons. The highest BCUT2D eigenvalue weighted by atomic mass is 32.2. The van der Waals surface area contributed by atoms with Crippen molar-refractivity contribution < 1.29 is 28.7 Å². The normalized spacial score (nSPS) is 26.5. The second kappa shape index (κ2) is 6.18. The van der Waals surface area contributed by atoms with Gasteiger partial charge in [-0.05, 0) is 12.1 Å². The van der Waals surface area contributed by atoms with Gasteiger partial charge in [-0.3, -0.25) is 14.3 Å². The number of esters is 2. The lowest BCUT2D eigenvalue weighted by Crippen LogP contribution is -2.32. The largest absolute Gasteiger partial charge is 0.465 e. The van der Waals surface area contributed by atoms with Crippen LogP contribution in [0, 0.1) is 11.8 Å². The predicted molar refractivity (Wildman–Crippen MR) is 100 cm³/mol. The van der Waals surface area contributed by atoms with Gasteiger partial charge in [-0.15, -0.1) is 11.8 Å². The SMILES string of the molecule is COC(=O)c1nn2c(c1C(=O)OC)[C@@H]1S[C@H]2[C@H]2C(=O)N(c3ccccc3)C(=O)[C@H]21. The summed E-state index contributed by atoms with van der Waals surface area (Å²) in [6.45, 7) is 0. The van der Waals surface area contributed by atoms with E-state index in [4.69, 9.17) is 9.47 Å². The third-order valence-electron chi connectivity index (χ3n) is 5.56. The van der Waals surface area contributed by atoms with E-state index in [9.17, 15) is 19.2 Å². The molecule has 5 rings (SSSR count). The van der Waals surface area contributed by atoms with Gasteiger partial charge in [0.25, 0.3) is 0 Å². The molecular formula is C19H15N3O6S. The van der Waals surface area contributed by atoms with Crippen molar-refractivity contribution in [2.75, 3.05) is 19.1 Å². The highest BCUT2D eigenvalue weighted by Gasteiger charge is 2.66. The average molecular weight is 413 g/mol. The number of carbonyl (C=O) groups is 4. The number of nitrogens with zero attached hydrogens (tertiary/aromatic N) is 3. The average Bonchev–Trinajstić information content (AvgIpc) is 3.46. The van der Waals surface area contributed by atoms with E-state index in [2.05, 4.69) is 5.10 Å². The molecule has 2 bridgehead atoms. The minimum absolute atomic E-state index is 0.00351. The summed E-state index contributed by atoms with van der Waals surface area (Å²) < 4.78 is 11.1. The van der Waals surface area contributed by atoms with E-state index in [0.29, 0.717) is 11.4 Å². The third kappa shape index (κ3) is 2.20. The number of ether oxygens (including phenoxy) is 2.